The van der Waals surface area contributed by atoms with Gasteiger partial charge in [-0.05, 0) is 57.8 Å². The largest absolute Gasteiger partial charge is 0.544 e. The van der Waals surface area contributed by atoms with Crippen molar-refractivity contribution in [2.24, 2.45) is 0 Å². The van der Waals surface area contributed by atoms with Crippen LogP contribution in [-0.4, -0.2) is 115 Å². The highest BCUT2D eigenvalue weighted by molar-refractivity contribution is 6.59. The number of likely N-dealkylation sites (N-methyl/N-ethyl adjacent to an activating group) is 1. The Morgan fingerprint density at radius 2 is 1.88 bits per heavy atom. The number of aliphatic carboxylic acids is 1. The molecule has 5 unspecified atom stereocenters. The van der Waals surface area contributed by atoms with Crippen molar-refractivity contribution in [3.8, 4) is 0 Å². The number of carboxylic acids is 1. The molecular formula is C24H49NO7Si2. The Balaban J connectivity index is 2.04. The van der Waals surface area contributed by atoms with Gasteiger partial charge in [0.1, 0.15) is 25.7 Å². The van der Waals surface area contributed by atoms with Gasteiger partial charge >= 0.3 is 0 Å². The number of carboxylic acid groups (broad SMARTS) is 1. The van der Waals surface area contributed by atoms with Crippen LogP contribution in [0, 0.1) is 0 Å². The summed E-state index contributed by atoms with van der Waals surface area (Å²) in [5, 5.41) is 31.2. The number of hydrogen-bond donors (Lipinski definition) is 2. The van der Waals surface area contributed by atoms with Gasteiger partial charge in [-0.2, -0.15) is 0 Å². The fourth-order valence-corrected chi connectivity index (χ4v) is 8.42. The molecule has 2 heterocycles. The fourth-order valence-electron chi connectivity index (χ4n) is 5.61. The summed E-state index contributed by atoms with van der Waals surface area (Å²) in [6, 6.07) is 0. The van der Waals surface area contributed by atoms with Crippen LogP contribution in [0.2, 0.25) is 13.1 Å². The van der Waals surface area contributed by atoms with E-state index >= 15 is 0 Å². The van der Waals surface area contributed by atoms with E-state index in [1.807, 2.05) is 0 Å². The van der Waals surface area contributed by atoms with Gasteiger partial charge in [-0.1, -0.05) is 13.1 Å². The number of ether oxygens (including phenoxy) is 3. The topological polar surface area (TPSA) is 108 Å². The van der Waals surface area contributed by atoms with Crippen LogP contribution in [0.4, 0.5) is 0 Å². The van der Waals surface area contributed by atoms with Crippen LogP contribution < -0.4 is 5.11 Å². The molecule has 10 heteroatoms. The van der Waals surface area contributed by atoms with Crippen LogP contribution in [0.1, 0.15) is 57.8 Å². The maximum absolute atomic E-state index is 11.2. The molecular weight excluding hydrogens is 470 g/mol. The molecule has 2 N–H and O–H groups in total. The summed E-state index contributed by atoms with van der Waals surface area (Å²) in [6.07, 6.45) is 8.71. The van der Waals surface area contributed by atoms with Crippen molar-refractivity contribution in [3.63, 3.8) is 0 Å². The molecule has 2 aliphatic rings. The van der Waals surface area contributed by atoms with E-state index in [0.717, 1.165) is 68.4 Å². The number of nitrogens with zero attached hydrogens (tertiary/aromatic N) is 1. The molecule has 2 aliphatic heterocycles. The average molecular weight is 520 g/mol. The molecule has 0 radical (unpaired) electrons. The minimum atomic E-state index is -1.19. The number of carbonyl (C=O) groups excluding carboxylic acids is 1. The summed E-state index contributed by atoms with van der Waals surface area (Å²) in [6.45, 7) is 6.54. The molecule has 200 valence electrons. The van der Waals surface area contributed by atoms with Crippen LogP contribution in [0.5, 0.6) is 0 Å². The lowest BCUT2D eigenvalue weighted by Crippen LogP contribution is -2.56. The zero-order valence-corrected chi connectivity index (χ0v) is 25.1. The highest BCUT2D eigenvalue weighted by Crippen LogP contribution is 2.35. The Labute approximate surface area is 210 Å². The number of hydrogen-bond acceptors (Lipinski definition) is 7. The lowest BCUT2D eigenvalue weighted by atomic mass is 9.96. The van der Waals surface area contributed by atoms with Gasteiger partial charge in [-0.3, -0.25) is 0 Å². The molecule has 0 amide bonds. The van der Waals surface area contributed by atoms with E-state index < -0.39 is 20.9 Å². The maximum Gasteiger partial charge on any atom is 0.126 e. The monoisotopic (exact) mass is 519 g/mol. The van der Waals surface area contributed by atoms with E-state index in [1.54, 1.807) is 7.05 Å². The molecule has 2 fully saturated rings. The van der Waals surface area contributed by atoms with Crippen LogP contribution in [0.15, 0.2) is 0 Å². The predicted octanol–water partition coefficient (Wildman–Crippen LogP) is -0.681. The highest BCUT2D eigenvalue weighted by Gasteiger charge is 2.40. The Morgan fingerprint density at radius 3 is 2.41 bits per heavy atom. The van der Waals surface area contributed by atoms with Gasteiger partial charge in [0, 0.05) is 28.7 Å². The van der Waals surface area contributed by atoms with Crippen LogP contribution in [0.3, 0.4) is 0 Å². The quantitative estimate of drug-likeness (QED) is 0.218. The number of carbonyl (C=O) groups is 1. The SMILES string of the molecule is C[SiH](C)C1(CC(CCC2([SiH3])CCCCO2)OCC(O)C[N+](C)(CCO)CC(=O)[O-])CCCCO1. The lowest BCUT2D eigenvalue weighted by molar-refractivity contribution is -0.907. The first-order chi connectivity index (χ1) is 16.0. The fraction of sp³-hybridized carbons (Fsp3) is 0.958. The first kappa shape index (κ1) is 29.9. The highest BCUT2D eigenvalue weighted by atomic mass is 28.3. The standard InChI is InChI=1S/C24H49NO7Si2/c1-25(12-13-26,18-22(28)29)17-20(27)19-30-21(8-11-23(33)9-4-6-14-31-23)16-24(34(2)3)10-5-7-15-32-24/h20-21,26-27,34H,4-19H2,1-3,33H3. The second-order valence-electron chi connectivity index (χ2n) is 11.4. The van der Waals surface area contributed by atoms with Crippen LogP contribution >= 0.6 is 0 Å². The second-order valence-corrected chi connectivity index (χ2v) is 16.6. The molecule has 5 atom stereocenters. The van der Waals surface area contributed by atoms with Crippen molar-refractivity contribution >= 4 is 25.0 Å². The van der Waals surface area contributed by atoms with Crippen LogP contribution in [-0.2, 0) is 19.0 Å². The summed E-state index contributed by atoms with van der Waals surface area (Å²) < 4.78 is 19.0. The third-order valence-corrected chi connectivity index (χ3v) is 12.0. The first-order valence-corrected chi connectivity index (χ1v) is 17.1. The average Bonchev–Trinajstić information content (AvgIpc) is 2.76. The summed E-state index contributed by atoms with van der Waals surface area (Å²) in [5.74, 6) is -1.19. The third kappa shape index (κ3) is 9.61. The minimum absolute atomic E-state index is 0.0114. The van der Waals surface area contributed by atoms with Crippen molar-refractivity contribution in [3.05, 3.63) is 0 Å². The van der Waals surface area contributed by atoms with Crippen molar-refractivity contribution < 1.29 is 38.8 Å². The molecule has 2 saturated heterocycles. The van der Waals surface area contributed by atoms with Crippen molar-refractivity contribution in [2.45, 2.75) is 93.5 Å². The van der Waals surface area contributed by atoms with Crippen molar-refractivity contribution in [1.29, 1.82) is 0 Å². The van der Waals surface area contributed by atoms with E-state index in [4.69, 9.17) is 14.2 Å². The van der Waals surface area contributed by atoms with E-state index in [-0.39, 0.29) is 53.9 Å². The van der Waals surface area contributed by atoms with Crippen molar-refractivity contribution in [2.75, 3.05) is 53.1 Å². The smallest absolute Gasteiger partial charge is 0.126 e. The van der Waals surface area contributed by atoms with E-state index in [1.165, 1.54) is 12.8 Å². The molecule has 0 saturated carbocycles. The molecule has 0 bridgehead atoms. The molecule has 34 heavy (non-hydrogen) atoms. The molecule has 2 rings (SSSR count). The predicted molar refractivity (Wildman–Crippen MR) is 136 cm³/mol. The molecule has 0 aromatic carbocycles. The molecule has 0 spiro atoms. The van der Waals surface area contributed by atoms with E-state index in [2.05, 4.69) is 13.1 Å². The Hall–Kier alpha value is -0.336. The van der Waals surface area contributed by atoms with Gasteiger partial charge < -0.3 is 38.8 Å². The number of rotatable bonds is 15. The summed E-state index contributed by atoms with van der Waals surface area (Å²) in [5.41, 5.74) is 0. The first-order valence-electron chi connectivity index (χ1n) is 13.2. The van der Waals surface area contributed by atoms with Gasteiger partial charge in [0.15, 0.2) is 0 Å². The molecule has 0 aliphatic carbocycles. The molecule has 0 aromatic rings. The molecule has 0 aromatic heterocycles. The number of aliphatic hydroxyl groups is 2. The van der Waals surface area contributed by atoms with Gasteiger partial charge in [0.05, 0.1) is 46.4 Å². The normalized spacial score (nSPS) is 29.6. The Kier molecular flexibility index (Phi) is 12.2. The Bertz CT molecular complexity index is 612. The third-order valence-electron chi connectivity index (χ3n) is 7.88. The van der Waals surface area contributed by atoms with Crippen molar-refractivity contribution in [1.82, 2.24) is 0 Å². The minimum Gasteiger partial charge on any atom is -0.544 e. The van der Waals surface area contributed by atoms with E-state index in [0.29, 0.717) is 0 Å². The summed E-state index contributed by atoms with van der Waals surface area (Å²) in [7, 11) is 1.59. The van der Waals surface area contributed by atoms with Gasteiger partial charge in [0.25, 0.3) is 0 Å². The van der Waals surface area contributed by atoms with Gasteiger partial charge in [-0.25, -0.2) is 0 Å². The summed E-state index contributed by atoms with van der Waals surface area (Å²) >= 11 is 0. The number of quaternary nitrogens is 1. The lowest BCUT2D eigenvalue weighted by Gasteiger charge is -2.43. The maximum atomic E-state index is 11.2. The summed E-state index contributed by atoms with van der Waals surface area (Å²) in [4.78, 5) is 11.2. The second kappa shape index (κ2) is 13.8. The zero-order valence-electron chi connectivity index (χ0n) is 21.9. The zero-order chi connectivity index (χ0) is 25.2. The van der Waals surface area contributed by atoms with Gasteiger partial charge in [-0.15, -0.1) is 0 Å². The number of aliphatic hydroxyl groups excluding tert-OH is 2. The Morgan fingerprint density at radius 1 is 1.21 bits per heavy atom. The van der Waals surface area contributed by atoms with Gasteiger partial charge in [0.2, 0.25) is 0 Å². The van der Waals surface area contributed by atoms with E-state index in [9.17, 15) is 20.1 Å². The molecule has 8 nitrogen and oxygen atoms in total. The van der Waals surface area contributed by atoms with Crippen LogP contribution in [0.25, 0.3) is 0 Å².